The summed E-state index contributed by atoms with van der Waals surface area (Å²) in [5.41, 5.74) is 2.90. The van der Waals surface area contributed by atoms with E-state index in [0.717, 1.165) is 22.3 Å². The largest absolute Gasteiger partial charge is 0.298 e. The molecular weight excluding hydrogens is 320 g/mol. The number of carbonyl (C=O) groups is 1. The molecule has 0 radical (unpaired) electrons. The van der Waals surface area contributed by atoms with E-state index in [9.17, 15) is 4.79 Å². The van der Waals surface area contributed by atoms with Crippen LogP contribution in [0.3, 0.4) is 0 Å². The Morgan fingerprint density at radius 1 is 0.917 bits per heavy atom. The molecule has 4 rings (SSSR count). The first-order chi connectivity index (χ1) is 11.8. The number of thiazole rings is 1. The van der Waals surface area contributed by atoms with Crippen molar-refractivity contribution in [2.45, 2.75) is 0 Å². The molecule has 1 N–H and O–H groups in total. The second-order valence-corrected chi connectivity index (χ2v) is 5.94. The topological polar surface area (TPSA) is 67.8 Å². The molecule has 24 heavy (non-hydrogen) atoms. The van der Waals surface area contributed by atoms with Gasteiger partial charge < -0.3 is 0 Å². The van der Waals surface area contributed by atoms with Crippen LogP contribution in [0.15, 0.2) is 66.3 Å². The van der Waals surface area contributed by atoms with Crippen molar-refractivity contribution in [3.05, 3.63) is 71.9 Å². The molecule has 4 aromatic rings. The van der Waals surface area contributed by atoms with Crippen molar-refractivity contribution in [3.8, 4) is 11.4 Å². The number of fused-ring (bicyclic) bond motifs is 1. The van der Waals surface area contributed by atoms with Gasteiger partial charge in [0.25, 0.3) is 5.91 Å². The number of rotatable bonds is 3. The molecule has 0 fully saturated rings. The molecule has 0 aliphatic heterocycles. The highest BCUT2D eigenvalue weighted by Gasteiger charge is 2.13. The second kappa shape index (κ2) is 6.17. The van der Waals surface area contributed by atoms with E-state index < -0.39 is 0 Å². The molecule has 0 saturated heterocycles. The molecule has 116 valence electrons. The van der Waals surface area contributed by atoms with Crippen LogP contribution < -0.4 is 5.32 Å². The van der Waals surface area contributed by atoms with E-state index in [1.807, 2.05) is 47.8 Å². The minimum Gasteiger partial charge on any atom is -0.298 e. The molecule has 3 heterocycles. The van der Waals surface area contributed by atoms with Gasteiger partial charge in [0.1, 0.15) is 5.69 Å². The standard InChI is InChI=1S/C18H12N4OS/c23-17(13-8-10-20-14-6-2-1-5-12(13)14)22-18-21-16(11-24-18)15-7-3-4-9-19-15/h1-11H,(H,21,22,23). The first-order valence-electron chi connectivity index (χ1n) is 7.33. The van der Waals surface area contributed by atoms with E-state index in [4.69, 9.17) is 0 Å². The van der Waals surface area contributed by atoms with Gasteiger partial charge in [-0.25, -0.2) is 4.98 Å². The Balaban J connectivity index is 1.61. The van der Waals surface area contributed by atoms with Crippen LogP contribution in [0.1, 0.15) is 10.4 Å². The van der Waals surface area contributed by atoms with Crippen LogP contribution in [-0.4, -0.2) is 20.9 Å². The van der Waals surface area contributed by atoms with Crippen molar-refractivity contribution < 1.29 is 4.79 Å². The van der Waals surface area contributed by atoms with E-state index in [-0.39, 0.29) is 5.91 Å². The van der Waals surface area contributed by atoms with Crippen molar-refractivity contribution in [3.63, 3.8) is 0 Å². The molecule has 0 aliphatic rings. The number of nitrogens with zero attached hydrogens (tertiary/aromatic N) is 3. The van der Waals surface area contributed by atoms with E-state index in [2.05, 4.69) is 20.3 Å². The molecular formula is C18H12N4OS. The lowest BCUT2D eigenvalue weighted by Crippen LogP contribution is -2.12. The monoisotopic (exact) mass is 332 g/mol. The summed E-state index contributed by atoms with van der Waals surface area (Å²) in [6, 6.07) is 14.9. The third-order valence-corrected chi connectivity index (χ3v) is 4.30. The predicted molar refractivity (Wildman–Crippen MR) is 95.0 cm³/mol. The lowest BCUT2D eigenvalue weighted by atomic mass is 10.1. The number of hydrogen-bond donors (Lipinski definition) is 1. The SMILES string of the molecule is O=C(Nc1nc(-c2ccccn2)cs1)c1ccnc2ccccc12. The van der Waals surface area contributed by atoms with Crippen molar-refractivity contribution in [1.82, 2.24) is 15.0 Å². The molecule has 1 aromatic carbocycles. The second-order valence-electron chi connectivity index (χ2n) is 5.08. The number of para-hydroxylation sites is 1. The summed E-state index contributed by atoms with van der Waals surface area (Å²) in [5, 5.41) is 6.09. The minimum absolute atomic E-state index is 0.199. The Hall–Kier alpha value is -3.12. The highest BCUT2D eigenvalue weighted by atomic mass is 32.1. The number of benzene rings is 1. The van der Waals surface area contributed by atoms with Crippen molar-refractivity contribution >= 4 is 33.3 Å². The van der Waals surface area contributed by atoms with E-state index >= 15 is 0 Å². The van der Waals surface area contributed by atoms with Crippen molar-refractivity contribution in [1.29, 1.82) is 0 Å². The van der Waals surface area contributed by atoms with Crippen molar-refractivity contribution in [2.24, 2.45) is 0 Å². The summed E-state index contributed by atoms with van der Waals surface area (Å²) in [6.07, 6.45) is 3.36. The molecule has 0 atom stereocenters. The zero-order valence-corrected chi connectivity index (χ0v) is 13.3. The van der Waals surface area contributed by atoms with Crippen LogP contribution in [0, 0.1) is 0 Å². The van der Waals surface area contributed by atoms with Gasteiger partial charge in [0.15, 0.2) is 5.13 Å². The fourth-order valence-corrected chi connectivity index (χ4v) is 3.12. The zero-order valence-electron chi connectivity index (χ0n) is 12.5. The molecule has 0 unspecified atom stereocenters. The quantitative estimate of drug-likeness (QED) is 0.615. The third kappa shape index (κ3) is 2.75. The number of hydrogen-bond acceptors (Lipinski definition) is 5. The molecule has 3 aromatic heterocycles. The molecule has 1 amide bonds. The van der Waals surface area contributed by atoms with Crippen LogP contribution >= 0.6 is 11.3 Å². The lowest BCUT2D eigenvalue weighted by Gasteiger charge is -2.05. The summed E-state index contributed by atoms with van der Waals surface area (Å²) >= 11 is 1.37. The smallest absolute Gasteiger partial charge is 0.258 e. The molecule has 0 saturated carbocycles. The number of aromatic nitrogens is 3. The number of pyridine rings is 2. The van der Waals surface area contributed by atoms with Gasteiger partial charge in [-0.3, -0.25) is 20.1 Å². The van der Waals surface area contributed by atoms with Gasteiger partial charge in [-0.15, -0.1) is 11.3 Å². The summed E-state index contributed by atoms with van der Waals surface area (Å²) in [4.78, 5) is 25.6. The van der Waals surface area contributed by atoms with E-state index in [1.54, 1.807) is 18.5 Å². The lowest BCUT2D eigenvalue weighted by molar-refractivity contribution is 0.102. The van der Waals surface area contributed by atoms with Crippen LogP contribution in [0.25, 0.3) is 22.3 Å². The Bertz CT molecular complexity index is 1010. The van der Waals surface area contributed by atoms with Gasteiger partial charge >= 0.3 is 0 Å². The Labute approximate surface area is 142 Å². The highest BCUT2D eigenvalue weighted by molar-refractivity contribution is 7.14. The number of amides is 1. The molecule has 6 heteroatoms. The van der Waals surface area contributed by atoms with Crippen LogP contribution in [0.4, 0.5) is 5.13 Å². The average Bonchev–Trinajstić information content (AvgIpc) is 3.10. The van der Waals surface area contributed by atoms with Gasteiger partial charge in [0, 0.05) is 23.2 Å². The third-order valence-electron chi connectivity index (χ3n) is 3.55. The molecule has 0 aliphatic carbocycles. The van der Waals surface area contributed by atoms with Gasteiger partial charge in [0.05, 0.1) is 16.8 Å². The normalized spacial score (nSPS) is 10.7. The number of nitrogens with one attached hydrogen (secondary N) is 1. The van der Waals surface area contributed by atoms with Crippen LogP contribution in [-0.2, 0) is 0 Å². The highest BCUT2D eigenvalue weighted by Crippen LogP contribution is 2.24. The van der Waals surface area contributed by atoms with Gasteiger partial charge in [-0.2, -0.15) is 0 Å². The van der Waals surface area contributed by atoms with Crippen molar-refractivity contribution in [2.75, 3.05) is 5.32 Å². The Morgan fingerprint density at radius 3 is 2.67 bits per heavy atom. The predicted octanol–water partition coefficient (Wildman–Crippen LogP) is 4.01. The first kappa shape index (κ1) is 14.5. The van der Waals surface area contributed by atoms with E-state index in [0.29, 0.717) is 10.7 Å². The molecule has 5 nitrogen and oxygen atoms in total. The number of carbonyl (C=O) groups excluding carboxylic acids is 1. The van der Waals surface area contributed by atoms with Crippen LogP contribution in [0.2, 0.25) is 0 Å². The summed E-state index contributed by atoms with van der Waals surface area (Å²) < 4.78 is 0. The minimum atomic E-state index is -0.199. The first-order valence-corrected chi connectivity index (χ1v) is 8.21. The van der Waals surface area contributed by atoms with Gasteiger partial charge in [0.2, 0.25) is 0 Å². The zero-order chi connectivity index (χ0) is 16.4. The Morgan fingerprint density at radius 2 is 1.79 bits per heavy atom. The van der Waals surface area contributed by atoms with Gasteiger partial charge in [-0.05, 0) is 24.3 Å². The maximum Gasteiger partial charge on any atom is 0.258 e. The summed E-state index contributed by atoms with van der Waals surface area (Å²) in [7, 11) is 0. The Kier molecular flexibility index (Phi) is 3.72. The molecule has 0 bridgehead atoms. The summed E-state index contributed by atoms with van der Waals surface area (Å²) in [6.45, 7) is 0. The van der Waals surface area contributed by atoms with Gasteiger partial charge in [-0.1, -0.05) is 24.3 Å². The fraction of sp³-hybridized carbons (Fsp3) is 0. The molecule has 0 spiro atoms. The van der Waals surface area contributed by atoms with Crippen LogP contribution in [0.5, 0.6) is 0 Å². The fourth-order valence-electron chi connectivity index (χ4n) is 2.42. The maximum atomic E-state index is 12.6. The average molecular weight is 332 g/mol. The van der Waals surface area contributed by atoms with E-state index in [1.165, 1.54) is 11.3 Å². The maximum absolute atomic E-state index is 12.6. The summed E-state index contributed by atoms with van der Waals surface area (Å²) in [5.74, 6) is -0.199. The number of anilines is 1.